The Labute approximate surface area is 233 Å². The summed E-state index contributed by atoms with van der Waals surface area (Å²) in [6.07, 6.45) is -9.35. The van der Waals surface area contributed by atoms with Crippen molar-refractivity contribution in [2.45, 2.75) is 62.4 Å². The van der Waals surface area contributed by atoms with E-state index < -0.39 is 82.9 Å². The number of phenols is 2. The molecule has 13 heteroatoms. The molecule has 0 saturated carbocycles. The summed E-state index contributed by atoms with van der Waals surface area (Å²) in [5.41, 5.74) is -4.24. The monoisotopic (exact) mass is 574 g/mol. The van der Waals surface area contributed by atoms with Crippen molar-refractivity contribution < 1.29 is 63.6 Å². The maximum Gasteiger partial charge on any atom is 0.201 e. The highest BCUT2D eigenvalue weighted by Gasteiger charge is 2.56. The molecule has 5 N–H and O–H groups in total. The first kappa shape index (κ1) is 29.1. The Bertz CT molecular complexity index is 1450. The quantitative estimate of drug-likeness (QED) is 0.281. The van der Waals surface area contributed by atoms with Crippen molar-refractivity contribution in [2.75, 3.05) is 21.3 Å². The summed E-state index contributed by atoms with van der Waals surface area (Å²) in [6, 6.07) is 3.48. The number of ether oxygens (including phenoxy) is 5. The Morgan fingerprint density at radius 2 is 1.54 bits per heavy atom. The van der Waals surface area contributed by atoms with Gasteiger partial charge in [-0.15, -0.1) is 0 Å². The SMILES string of the molecule is COc1cc(O)c2c(c1)C(=O)c1cc3c(c(O)c1C2=O)[C@@H](O[C@@H]1O[C@@H](C)[C@H](O)[C@@H](O)[C@H]1OC)[C@H](OC)[C@](C)(O)C3=O. The highest BCUT2D eigenvalue weighted by atomic mass is 16.7. The van der Waals surface area contributed by atoms with Crippen molar-refractivity contribution in [3.63, 3.8) is 0 Å². The molecule has 0 bridgehead atoms. The number of carbonyl (C=O) groups excluding carboxylic acids is 3. The molecule has 0 spiro atoms. The van der Waals surface area contributed by atoms with E-state index in [1.54, 1.807) is 0 Å². The second kappa shape index (κ2) is 10.1. The van der Waals surface area contributed by atoms with Gasteiger partial charge in [-0.3, -0.25) is 14.4 Å². The summed E-state index contributed by atoms with van der Waals surface area (Å²) >= 11 is 0. The van der Waals surface area contributed by atoms with Gasteiger partial charge in [-0.25, -0.2) is 0 Å². The van der Waals surface area contributed by atoms with Gasteiger partial charge in [0.1, 0.15) is 47.8 Å². The smallest absolute Gasteiger partial charge is 0.201 e. The van der Waals surface area contributed by atoms with Crippen LogP contribution in [0.1, 0.15) is 67.7 Å². The number of phenolic OH excluding ortho intramolecular Hbond substituents is 2. The van der Waals surface area contributed by atoms with E-state index in [0.29, 0.717) is 0 Å². The van der Waals surface area contributed by atoms with Crippen LogP contribution < -0.4 is 4.74 Å². The van der Waals surface area contributed by atoms with Gasteiger partial charge in [0.2, 0.25) is 5.78 Å². The molecule has 1 saturated heterocycles. The third kappa shape index (κ3) is 4.15. The molecule has 0 amide bonds. The van der Waals surface area contributed by atoms with Crippen LogP contribution in [0.2, 0.25) is 0 Å². The van der Waals surface area contributed by atoms with Crippen molar-refractivity contribution in [2.24, 2.45) is 0 Å². The van der Waals surface area contributed by atoms with Crippen molar-refractivity contribution in [1.82, 2.24) is 0 Å². The standard InChI is InChI=1S/C28H30O13/c1-9-18(30)22(34)24(38-4)27(40-9)41-23-17-13(25(35)28(2,36)26(23)39-5)8-12-16(21(17)33)20(32)15-11(19(12)31)6-10(37-3)7-14(15)29/h6-9,18,22-24,26-27,29-30,33-34,36H,1-5H3/t9-,18-,22+,23+,24+,26-,27-,28+/m0/s1. The van der Waals surface area contributed by atoms with E-state index in [4.69, 9.17) is 23.7 Å². The summed E-state index contributed by atoms with van der Waals surface area (Å²) in [6.45, 7) is 2.65. The van der Waals surface area contributed by atoms with Gasteiger partial charge in [-0.2, -0.15) is 0 Å². The van der Waals surface area contributed by atoms with Crippen LogP contribution in [0.3, 0.4) is 0 Å². The highest BCUT2D eigenvalue weighted by Crippen LogP contribution is 2.49. The lowest BCUT2D eigenvalue weighted by atomic mass is 9.72. The summed E-state index contributed by atoms with van der Waals surface area (Å²) in [5.74, 6) is -3.85. The topological polar surface area (TPSA) is 199 Å². The van der Waals surface area contributed by atoms with E-state index in [0.717, 1.165) is 12.1 Å². The normalized spacial score (nSPS) is 32.8. The molecule has 2 aromatic carbocycles. The summed E-state index contributed by atoms with van der Waals surface area (Å²) in [7, 11) is 3.75. The van der Waals surface area contributed by atoms with Crippen LogP contribution in [0.15, 0.2) is 18.2 Å². The van der Waals surface area contributed by atoms with Crippen LogP contribution in [0.5, 0.6) is 17.2 Å². The van der Waals surface area contributed by atoms with Gasteiger partial charge in [0.25, 0.3) is 0 Å². The van der Waals surface area contributed by atoms with Gasteiger partial charge in [-0.1, -0.05) is 0 Å². The van der Waals surface area contributed by atoms with Crippen LogP contribution in [-0.2, 0) is 18.9 Å². The fourth-order valence-corrected chi connectivity index (χ4v) is 5.82. The van der Waals surface area contributed by atoms with Gasteiger partial charge in [0, 0.05) is 42.5 Å². The molecule has 8 atom stereocenters. The predicted molar refractivity (Wildman–Crippen MR) is 136 cm³/mol. The van der Waals surface area contributed by atoms with E-state index in [1.807, 2.05) is 0 Å². The third-order valence-electron chi connectivity index (χ3n) is 8.02. The van der Waals surface area contributed by atoms with E-state index in [2.05, 4.69) is 0 Å². The summed E-state index contributed by atoms with van der Waals surface area (Å²) < 4.78 is 27.7. The Morgan fingerprint density at radius 1 is 0.878 bits per heavy atom. The summed E-state index contributed by atoms with van der Waals surface area (Å²) in [5, 5.41) is 54.2. The predicted octanol–water partition coefficient (Wildman–Crippen LogP) is 0.383. The zero-order valence-electron chi connectivity index (χ0n) is 22.8. The maximum absolute atomic E-state index is 13.6. The Kier molecular flexibility index (Phi) is 7.19. The molecule has 1 aliphatic heterocycles. The maximum atomic E-state index is 13.6. The first-order valence-corrected chi connectivity index (χ1v) is 12.7. The second-order valence-corrected chi connectivity index (χ2v) is 10.4. The molecule has 220 valence electrons. The molecular formula is C28H30O13. The van der Waals surface area contributed by atoms with Gasteiger partial charge in [-0.05, 0) is 26.0 Å². The van der Waals surface area contributed by atoms with Crippen molar-refractivity contribution in [1.29, 1.82) is 0 Å². The molecule has 13 nitrogen and oxygen atoms in total. The largest absolute Gasteiger partial charge is 0.507 e. The number of fused-ring (bicyclic) bond motifs is 3. The minimum atomic E-state index is -2.25. The van der Waals surface area contributed by atoms with Crippen LogP contribution in [0.25, 0.3) is 0 Å². The number of aliphatic hydroxyl groups excluding tert-OH is 2. The van der Waals surface area contributed by atoms with Gasteiger partial charge in [0.15, 0.2) is 23.5 Å². The van der Waals surface area contributed by atoms with E-state index >= 15 is 0 Å². The minimum absolute atomic E-state index is 0.102. The lowest BCUT2D eigenvalue weighted by Crippen LogP contribution is -2.60. The Balaban J connectivity index is 1.71. The van der Waals surface area contributed by atoms with Crippen LogP contribution >= 0.6 is 0 Å². The molecule has 2 aromatic rings. The van der Waals surface area contributed by atoms with Crippen molar-refractivity contribution >= 4 is 17.3 Å². The van der Waals surface area contributed by atoms with Crippen LogP contribution in [0, 0.1) is 0 Å². The molecule has 5 rings (SSSR count). The first-order valence-electron chi connectivity index (χ1n) is 12.7. The number of Topliss-reactive ketones (excluding diaryl/α,β-unsaturated/α-hetero) is 1. The Morgan fingerprint density at radius 3 is 2.15 bits per heavy atom. The molecular weight excluding hydrogens is 544 g/mol. The zero-order chi connectivity index (χ0) is 30.1. The number of hydrogen-bond acceptors (Lipinski definition) is 13. The highest BCUT2D eigenvalue weighted by molar-refractivity contribution is 6.31. The van der Waals surface area contributed by atoms with Gasteiger partial charge >= 0.3 is 0 Å². The fourth-order valence-electron chi connectivity index (χ4n) is 5.82. The number of aromatic hydroxyl groups is 2. The van der Waals surface area contributed by atoms with E-state index in [1.165, 1.54) is 41.2 Å². The van der Waals surface area contributed by atoms with Crippen molar-refractivity contribution in [3.8, 4) is 17.2 Å². The molecule has 0 unspecified atom stereocenters. The van der Waals surface area contributed by atoms with E-state index in [-0.39, 0.29) is 33.6 Å². The average molecular weight is 575 g/mol. The van der Waals surface area contributed by atoms with E-state index in [9.17, 15) is 39.9 Å². The molecule has 2 aliphatic carbocycles. The van der Waals surface area contributed by atoms with Crippen molar-refractivity contribution in [3.05, 3.63) is 51.6 Å². The minimum Gasteiger partial charge on any atom is -0.507 e. The lowest BCUT2D eigenvalue weighted by Gasteiger charge is -2.46. The first-order chi connectivity index (χ1) is 19.3. The summed E-state index contributed by atoms with van der Waals surface area (Å²) in [4.78, 5) is 40.7. The number of rotatable bonds is 5. The van der Waals surface area contributed by atoms with Crippen LogP contribution in [-0.4, -0.2) is 107 Å². The zero-order valence-corrected chi connectivity index (χ0v) is 22.8. The number of carbonyl (C=O) groups is 3. The molecule has 1 fully saturated rings. The number of methoxy groups -OCH3 is 3. The Hall–Kier alpha value is -3.43. The van der Waals surface area contributed by atoms with Crippen LogP contribution in [0.4, 0.5) is 0 Å². The van der Waals surface area contributed by atoms with Gasteiger partial charge in [0.05, 0.1) is 24.3 Å². The molecule has 0 aromatic heterocycles. The third-order valence-corrected chi connectivity index (χ3v) is 8.02. The molecule has 41 heavy (non-hydrogen) atoms. The molecule has 1 heterocycles. The number of aliphatic hydroxyl groups is 3. The number of hydrogen-bond donors (Lipinski definition) is 5. The lowest BCUT2D eigenvalue weighted by molar-refractivity contribution is -0.321. The molecule has 0 radical (unpaired) electrons. The fraction of sp³-hybridized carbons (Fsp3) is 0.464. The average Bonchev–Trinajstić information content (AvgIpc) is 2.92. The second-order valence-electron chi connectivity index (χ2n) is 10.4. The number of ketones is 3. The van der Waals surface area contributed by atoms with Gasteiger partial charge < -0.3 is 49.2 Å². The number of benzene rings is 2. The molecule has 3 aliphatic rings.